The summed E-state index contributed by atoms with van der Waals surface area (Å²) in [4.78, 5) is 0.241. The molecule has 2 N–H and O–H groups in total. The van der Waals surface area contributed by atoms with E-state index < -0.39 is 0 Å². The fourth-order valence-corrected chi connectivity index (χ4v) is 2.17. The number of aryl methyl sites for hydroxylation is 1. The first-order valence-electron chi connectivity index (χ1n) is 6.69. The molecule has 0 aliphatic rings. The van der Waals surface area contributed by atoms with Crippen LogP contribution in [-0.4, -0.2) is 15.2 Å². The number of rotatable bonds is 3. The highest BCUT2D eigenvalue weighted by Gasteiger charge is 2.20. The van der Waals surface area contributed by atoms with Gasteiger partial charge in [0.1, 0.15) is 10.7 Å². The summed E-state index contributed by atoms with van der Waals surface area (Å²) in [7, 11) is 0. The lowest BCUT2D eigenvalue weighted by Gasteiger charge is -2.23. The smallest absolute Gasteiger partial charge is 0.249 e. The molecule has 21 heavy (non-hydrogen) atoms. The second-order valence-electron chi connectivity index (χ2n) is 5.97. The Hall–Kier alpha value is -2.01. The molecule has 0 aliphatic heterocycles. The van der Waals surface area contributed by atoms with Gasteiger partial charge < -0.3 is 10.5 Å². The van der Waals surface area contributed by atoms with Crippen LogP contribution in [0.2, 0.25) is 0 Å². The Morgan fingerprint density at radius 1 is 1.24 bits per heavy atom. The zero-order chi connectivity index (χ0) is 15.6. The molecule has 5 heteroatoms. The molecule has 0 atom stereocenters. The van der Waals surface area contributed by atoms with E-state index in [9.17, 15) is 0 Å². The van der Waals surface area contributed by atoms with Crippen LogP contribution in [0.3, 0.4) is 0 Å². The van der Waals surface area contributed by atoms with Crippen molar-refractivity contribution >= 4 is 17.2 Å². The van der Waals surface area contributed by atoms with E-state index in [1.54, 1.807) is 12.3 Å². The molecule has 1 heterocycles. The largest absolute Gasteiger partial charge is 0.437 e. The van der Waals surface area contributed by atoms with Gasteiger partial charge in [0, 0.05) is 5.56 Å². The van der Waals surface area contributed by atoms with Gasteiger partial charge in [-0.3, -0.25) is 0 Å². The van der Waals surface area contributed by atoms with E-state index in [0.29, 0.717) is 11.4 Å². The van der Waals surface area contributed by atoms with E-state index >= 15 is 0 Å². The number of hydrogen-bond donors (Lipinski definition) is 1. The Labute approximate surface area is 130 Å². The Bertz CT molecular complexity index is 677. The zero-order valence-electron chi connectivity index (χ0n) is 12.7. The van der Waals surface area contributed by atoms with Crippen LogP contribution in [0, 0.1) is 6.92 Å². The number of benzene rings is 1. The quantitative estimate of drug-likeness (QED) is 0.879. The normalized spacial score (nSPS) is 11.2. The maximum Gasteiger partial charge on any atom is 0.249 e. The molecule has 0 radical (unpaired) electrons. The molecule has 4 nitrogen and oxygen atoms in total. The average Bonchev–Trinajstić information content (AvgIpc) is 2.37. The van der Waals surface area contributed by atoms with Crippen molar-refractivity contribution in [2.24, 2.45) is 5.73 Å². The Morgan fingerprint density at radius 2 is 1.95 bits per heavy atom. The van der Waals surface area contributed by atoms with E-state index in [2.05, 4.69) is 43.1 Å². The van der Waals surface area contributed by atoms with Crippen LogP contribution in [0.1, 0.15) is 37.5 Å². The van der Waals surface area contributed by atoms with Crippen molar-refractivity contribution in [2.45, 2.75) is 33.1 Å². The van der Waals surface area contributed by atoms with E-state index in [1.807, 2.05) is 13.0 Å². The highest BCUT2D eigenvalue weighted by molar-refractivity contribution is 7.80. The number of ether oxygens (including phenoxy) is 1. The van der Waals surface area contributed by atoms with Crippen molar-refractivity contribution in [2.75, 3.05) is 0 Å². The van der Waals surface area contributed by atoms with Gasteiger partial charge in [0.2, 0.25) is 5.88 Å². The van der Waals surface area contributed by atoms with Gasteiger partial charge in [-0.2, -0.15) is 5.10 Å². The fraction of sp³-hybridized carbons (Fsp3) is 0.312. The summed E-state index contributed by atoms with van der Waals surface area (Å²) in [6.07, 6.45) is 1.54. The van der Waals surface area contributed by atoms with E-state index in [1.165, 1.54) is 0 Å². The van der Waals surface area contributed by atoms with Gasteiger partial charge in [-0.05, 0) is 30.0 Å². The minimum Gasteiger partial charge on any atom is -0.437 e. The number of thiocarbonyl (C=S) groups is 1. The van der Waals surface area contributed by atoms with Crippen molar-refractivity contribution in [3.05, 3.63) is 47.2 Å². The molecule has 0 aliphatic carbocycles. The van der Waals surface area contributed by atoms with Gasteiger partial charge in [-0.1, -0.05) is 45.1 Å². The molecule has 0 saturated heterocycles. The van der Waals surface area contributed by atoms with Gasteiger partial charge in [-0.25, -0.2) is 0 Å². The van der Waals surface area contributed by atoms with Crippen LogP contribution in [-0.2, 0) is 5.41 Å². The third-order valence-electron chi connectivity index (χ3n) is 3.10. The van der Waals surface area contributed by atoms with Gasteiger partial charge in [-0.15, -0.1) is 5.10 Å². The third kappa shape index (κ3) is 3.55. The lowest BCUT2D eigenvalue weighted by Crippen LogP contribution is -2.15. The Kier molecular flexibility index (Phi) is 4.23. The second kappa shape index (κ2) is 5.77. The molecule has 0 spiro atoms. The minimum atomic E-state index is -0.0470. The summed E-state index contributed by atoms with van der Waals surface area (Å²) in [5, 5.41) is 7.86. The van der Waals surface area contributed by atoms with Crippen LogP contribution < -0.4 is 10.5 Å². The van der Waals surface area contributed by atoms with E-state index in [0.717, 1.165) is 16.9 Å². The molecule has 1 aromatic heterocycles. The van der Waals surface area contributed by atoms with Gasteiger partial charge in [0.25, 0.3) is 0 Å². The molecular weight excluding hydrogens is 282 g/mol. The van der Waals surface area contributed by atoms with Gasteiger partial charge in [0.15, 0.2) is 0 Å². The van der Waals surface area contributed by atoms with Crippen LogP contribution in [0.4, 0.5) is 0 Å². The van der Waals surface area contributed by atoms with Gasteiger partial charge in [0.05, 0.1) is 11.8 Å². The van der Waals surface area contributed by atoms with Gasteiger partial charge >= 0.3 is 0 Å². The van der Waals surface area contributed by atoms with Crippen molar-refractivity contribution in [3.8, 4) is 11.6 Å². The second-order valence-corrected chi connectivity index (χ2v) is 6.41. The van der Waals surface area contributed by atoms with E-state index in [4.69, 9.17) is 22.7 Å². The average molecular weight is 301 g/mol. The monoisotopic (exact) mass is 301 g/mol. The van der Waals surface area contributed by atoms with Crippen LogP contribution in [0.25, 0.3) is 0 Å². The maximum absolute atomic E-state index is 5.97. The number of aromatic nitrogens is 2. The first kappa shape index (κ1) is 15.4. The number of nitrogens with zero attached hydrogens (tertiary/aromatic N) is 2. The Morgan fingerprint density at radius 3 is 2.57 bits per heavy atom. The first-order chi connectivity index (χ1) is 9.79. The molecule has 2 rings (SSSR count). The highest BCUT2D eigenvalue weighted by Crippen LogP contribution is 2.35. The van der Waals surface area contributed by atoms with Crippen molar-refractivity contribution in [3.63, 3.8) is 0 Å². The predicted octanol–water partition coefficient (Wildman–Crippen LogP) is 3.51. The van der Waals surface area contributed by atoms with Crippen LogP contribution in [0.15, 0.2) is 30.5 Å². The summed E-state index contributed by atoms with van der Waals surface area (Å²) in [5.41, 5.74) is 8.44. The van der Waals surface area contributed by atoms with Crippen LogP contribution in [0.5, 0.6) is 11.6 Å². The summed E-state index contributed by atoms with van der Waals surface area (Å²) in [5.74, 6) is 1.08. The van der Waals surface area contributed by atoms with Crippen molar-refractivity contribution in [1.29, 1.82) is 0 Å². The molecule has 0 bridgehead atoms. The zero-order valence-corrected chi connectivity index (χ0v) is 13.5. The minimum absolute atomic E-state index is 0.0470. The number of nitrogens with two attached hydrogens (primary N) is 1. The lowest BCUT2D eigenvalue weighted by atomic mass is 9.86. The standard InChI is InChI=1S/C16H19N3OS/c1-10-5-6-12(16(2,3)4)13(9-10)20-15-11(14(17)21)7-8-18-19-15/h5-9H,1-4H3,(H2,17,21). The molecule has 1 aromatic carbocycles. The van der Waals surface area contributed by atoms with Crippen molar-refractivity contribution in [1.82, 2.24) is 10.2 Å². The molecule has 0 saturated carbocycles. The maximum atomic E-state index is 5.97. The Balaban J connectivity index is 2.49. The molecule has 0 amide bonds. The summed E-state index contributed by atoms with van der Waals surface area (Å²) >= 11 is 5.03. The predicted molar refractivity (Wildman–Crippen MR) is 87.9 cm³/mol. The SMILES string of the molecule is Cc1ccc(C(C)(C)C)c(Oc2nnccc2C(N)=S)c1. The third-order valence-corrected chi connectivity index (χ3v) is 3.32. The molecule has 0 unspecified atom stereocenters. The molecule has 110 valence electrons. The topological polar surface area (TPSA) is 61.0 Å². The summed E-state index contributed by atoms with van der Waals surface area (Å²) < 4.78 is 5.97. The van der Waals surface area contributed by atoms with Crippen LogP contribution >= 0.6 is 12.2 Å². The molecule has 0 fully saturated rings. The summed E-state index contributed by atoms with van der Waals surface area (Å²) in [6, 6.07) is 7.83. The first-order valence-corrected chi connectivity index (χ1v) is 7.10. The lowest BCUT2D eigenvalue weighted by molar-refractivity contribution is 0.432. The van der Waals surface area contributed by atoms with E-state index in [-0.39, 0.29) is 10.4 Å². The molecule has 2 aromatic rings. The number of hydrogen-bond acceptors (Lipinski definition) is 4. The highest BCUT2D eigenvalue weighted by atomic mass is 32.1. The fourth-order valence-electron chi connectivity index (χ4n) is 2.02. The molecular formula is C16H19N3OS. The summed E-state index contributed by atoms with van der Waals surface area (Å²) in [6.45, 7) is 8.42. The van der Waals surface area contributed by atoms with Crippen molar-refractivity contribution < 1.29 is 4.74 Å².